The molecule has 1 aromatic heterocycles. The Kier molecular flexibility index (Phi) is 3.18. The normalized spacial score (nSPS) is 19.3. The predicted molar refractivity (Wildman–Crippen MR) is 89.8 cm³/mol. The standard InChI is InChI=1S/C18H18N2O2S/c19-23(21,22)15-3-1-13(2-4-15)16-11-18(7-8-18)12-17(16)14-5-9-20-10-6-14/h1-6,9-10H,7-8,11-12H2,(H2,19,21,22). The van der Waals surface area contributed by atoms with Gasteiger partial charge in [0, 0.05) is 12.4 Å². The van der Waals surface area contributed by atoms with Crippen LogP contribution in [0.4, 0.5) is 0 Å². The van der Waals surface area contributed by atoms with Crippen LogP contribution < -0.4 is 5.14 Å². The molecular weight excluding hydrogens is 308 g/mol. The van der Waals surface area contributed by atoms with Crippen molar-refractivity contribution in [2.45, 2.75) is 30.6 Å². The Labute approximate surface area is 136 Å². The summed E-state index contributed by atoms with van der Waals surface area (Å²) in [6.07, 6.45) is 8.37. The SMILES string of the molecule is NS(=O)(=O)c1ccc(C2=C(c3ccncc3)CC3(CC3)C2)cc1. The van der Waals surface area contributed by atoms with Crippen molar-refractivity contribution in [3.05, 3.63) is 59.9 Å². The minimum absolute atomic E-state index is 0.159. The van der Waals surface area contributed by atoms with Crippen molar-refractivity contribution in [2.75, 3.05) is 0 Å². The number of hydrogen-bond donors (Lipinski definition) is 1. The van der Waals surface area contributed by atoms with Gasteiger partial charge in [0.05, 0.1) is 4.90 Å². The molecular formula is C18H18N2O2S. The highest BCUT2D eigenvalue weighted by Crippen LogP contribution is 2.63. The smallest absolute Gasteiger partial charge is 0.238 e. The van der Waals surface area contributed by atoms with Gasteiger partial charge in [0.2, 0.25) is 10.0 Å². The molecule has 0 aliphatic heterocycles. The van der Waals surface area contributed by atoms with Crippen LogP contribution >= 0.6 is 0 Å². The molecule has 1 heterocycles. The van der Waals surface area contributed by atoms with Crippen molar-refractivity contribution in [3.8, 4) is 0 Å². The highest BCUT2D eigenvalue weighted by atomic mass is 32.2. The second-order valence-electron chi connectivity index (χ2n) is 6.62. The average Bonchev–Trinajstić information content (AvgIpc) is 3.18. The van der Waals surface area contributed by atoms with Gasteiger partial charge in [-0.05, 0) is 77.6 Å². The van der Waals surface area contributed by atoms with E-state index >= 15 is 0 Å². The van der Waals surface area contributed by atoms with E-state index in [1.54, 1.807) is 12.1 Å². The van der Waals surface area contributed by atoms with Crippen molar-refractivity contribution in [1.82, 2.24) is 4.98 Å². The monoisotopic (exact) mass is 326 g/mol. The molecule has 2 aliphatic carbocycles. The fourth-order valence-electron chi connectivity index (χ4n) is 3.51. The van der Waals surface area contributed by atoms with Crippen LogP contribution in [-0.2, 0) is 10.0 Å². The van der Waals surface area contributed by atoms with Crippen LogP contribution in [-0.4, -0.2) is 13.4 Å². The molecule has 0 radical (unpaired) electrons. The molecule has 23 heavy (non-hydrogen) atoms. The summed E-state index contributed by atoms with van der Waals surface area (Å²) in [4.78, 5) is 4.26. The summed E-state index contributed by atoms with van der Waals surface area (Å²) in [7, 11) is -3.64. The van der Waals surface area contributed by atoms with Crippen LogP contribution in [0, 0.1) is 5.41 Å². The zero-order valence-corrected chi connectivity index (χ0v) is 13.5. The Hall–Kier alpha value is -1.98. The van der Waals surface area contributed by atoms with E-state index in [9.17, 15) is 8.42 Å². The number of aromatic nitrogens is 1. The molecule has 1 saturated carbocycles. The molecule has 5 heteroatoms. The molecule has 0 saturated heterocycles. The maximum absolute atomic E-state index is 11.4. The number of benzene rings is 1. The fraction of sp³-hybridized carbons (Fsp3) is 0.278. The summed E-state index contributed by atoms with van der Waals surface area (Å²) < 4.78 is 22.8. The predicted octanol–water partition coefficient (Wildman–Crippen LogP) is 3.21. The molecule has 0 amide bonds. The van der Waals surface area contributed by atoms with Gasteiger partial charge in [-0.3, -0.25) is 4.98 Å². The summed E-state index contributed by atoms with van der Waals surface area (Å²) >= 11 is 0. The van der Waals surface area contributed by atoms with Crippen molar-refractivity contribution in [3.63, 3.8) is 0 Å². The lowest BCUT2D eigenvalue weighted by Crippen LogP contribution is -2.11. The maximum Gasteiger partial charge on any atom is 0.238 e. The van der Waals surface area contributed by atoms with Gasteiger partial charge >= 0.3 is 0 Å². The summed E-state index contributed by atoms with van der Waals surface area (Å²) in [5, 5.41) is 5.19. The van der Waals surface area contributed by atoms with E-state index in [1.165, 1.54) is 29.6 Å². The minimum Gasteiger partial charge on any atom is -0.265 e. The van der Waals surface area contributed by atoms with E-state index in [2.05, 4.69) is 17.1 Å². The Morgan fingerprint density at radius 2 is 1.39 bits per heavy atom. The molecule has 2 aromatic rings. The molecule has 1 aromatic carbocycles. The van der Waals surface area contributed by atoms with Gasteiger partial charge in [-0.1, -0.05) is 12.1 Å². The lowest BCUT2D eigenvalue weighted by atomic mass is 9.98. The third-order valence-electron chi connectivity index (χ3n) is 4.99. The highest BCUT2D eigenvalue weighted by Gasteiger charge is 2.48. The van der Waals surface area contributed by atoms with E-state index in [0.717, 1.165) is 18.4 Å². The average molecular weight is 326 g/mol. The van der Waals surface area contributed by atoms with Crippen LogP contribution in [0.3, 0.4) is 0 Å². The van der Waals surface area contributed by atoms with Gasteiger partial charge in [0.1, 0.15) is 0 Å². The Morgan fingerprint density at radius 3 is 1.87 bits per heavy atom. The minimum atomic E-state index is -3.64. The van der Waals surface area contributed by atoms with Crippen LogP contribution in [0.1, 0.15) is 36.8 Å². The fourth-order valence-corrected chi connectivity index (χ4v) is 4.02. The molecule has 4 rings (SSSR count). The van der Waals surface area contributed by atoms with E-state index in [0.29, 0.717) is 5.41 Å². The number of rotatable bonds is 3. The number of pyridine rings is 1. The third kappa shape index (κ3) is 2.71. The summed E-state index contributed by atoms with van der Waals surface area (Å²) in [6.45, 7) is 0. The molecule has 2 N–H and O–H groups in total. The molecule has 0 bridgehead atoms. The second-order valence-corrected chi connectivity index (χ2v) is 8.18. The first-order valence-electron chi connectivity index (χ1n) is 7.73. The van der Waals surface area contributed by atoms with Crippen LogP contribution in [0.25, 0.3) is 11.1 Å². The maximum atomic E-state index is 11.4. The number of nitrogens with two attached hydrogens (primary N) is 1. The summed E-state index contributed by atoms with van der Waals surface area (Å²) in [5.74, 6) is 0. The van der Waals surface area contributed by atoms with Crippen molar-refractivity contribution in [1.29, 1.82) is 0 Å². The van der Waals surface area contributed by atoms with Gasteiger partial charge in [-0.15, -0.1) is 0 Å². The molecule has 0 atom stereocenters. The molecule has 1 spiro atoms. The summed E-state index contributed by atoms with van der Waals surface area (Å²) in [6, 6.07) is 11.0. The van der Waals surface area contributed by atoms with Gasteiger partial charge in [-0.2, -0.15) is 0 Å². The third-order valence-corrected chi connectivity index (χ3v) is 5.91. The first-order chi connectivity index (χ1) is 11.0. The van der Waals surface area contributed by atoms with Crippen molar-refractivity contribution < 1.29 is 8.42 Å². The number of nitrogens with zero attached hydrogens (tertiary/aromatic N) is 1. The first kappa shape index (κ1) is 14.6. The van der Waals surface area contributed by atoms with E-state index < -0.39 is 10.0 Å². The Balaban J connectivity index is 1.78. The molecule has 2 aliphatic rings. The molecule has 1 fully saturated rings. The quantitative estimate of drug-likeness (QED) is 0.941. The van der Waals surface area contributed by atoms with Gasteiger partial charge in [-0.25, -0.2) is 13.6 Å². The molecule has 0 unspecified atom stereocenters. The van der Waals surface area contributed by atoms with Crippen LogP contribution in [0.5, 0.6) is 0 Å². The number of hydrogen-bond acceptors (Lipinski definition) is 3. The largest absolute Gasteiger partial charge is 0.265 e. The number of allylic oxidation sites excluding steroid dienone is 2. The highest BCUT2D eigenvalue weighted by molar-refractivity contribution is 7.89. The Bertz CT molecular complexity index is 880. The topological polar surface area (TPSA) is 73.1 Å². The van der Waals surface area contributed by atoms with Crippen LogP contribution in [0.15, 0.2) is 53.7 Å². The number of sulfonamides is 1. The van der Waals surface area contributed by atoms with Crippen molar-refractivity contribution in [2.24, 2.45) is 10.6 Å². The number of primary sulfonamides is 1. The Morgan fingerprint density at radius 1 is 0.870 bits per heavy atom. The van der Waals surface area contributed by atoms with Gasteiger partial charge in [0.15, 0.2) is 0 Å². The van der Waals surface area contributed by atoms with Gasteiger partial charge < -0.3 is 0 Å². The molecule has 118 valence electrons. The van der Waals surface area contributed by atoms with Crippen molar-refractivity contribution >= 4 is 21.2 Å². The van der Waals surface area contributed by atoms with E-state index in [4.69, 9.17) is 5.14 Å². The zero-order chi connectivity index (χ0) is 16.1. The van der Waals surface area contributed by atoms with Crippen LogP contribution in [0.2, 0.25) is 0 Å². The lowest BCUT2D eigenvalue weighted by molar-refractivity contribution is 0.568. The zero-order valence-electron chi connectivity index (χ0n) is 12.7. The van der Waals surface area contributed by atoms with E-state index in [-0.39, 0.29) is 4.90 Å². The first-order valence-corrected chi connectivity index (χ1v) is 9.27. The van der Waals surface area contributed by atoms with E-state index in [1.807, 2.05) is 24.5 Å². The second kappa shape index (κ2) is 5.01. The van der Waals surface area contributed by atoms with Gasteiger partial charge in [0.25, 0.3) is 0 Å². The lowest BCUT2D eigenvalue weighted by Gasteiger charge is -2.09. The summed E-state index contributed by atoms with van der Waals surface area (Å²) in [5.41, 5.74) is 5.44. The molecule has 4 nitrogen and oxygen atoms in total.